The molecule has 5 aromatic rings. The molecule has 0 aliphatic carbocycles. The molecular weight excluding hydrogens is 516 g/mol. The molecule has 0 saturated carbocycles. The molecule has 0 saturated heterocycles. The Morgan fingerprint density at radius 2 is 1.20 bits per heavy atom. The number of aromatic nitrogens is 1. The van der Waals surface area contributed by atoms with Gasteiger partial charge in [0, 0.05) is 17.3 Å². The highest BCUT2D eigenvalue weighted by molar-refractivity contribution is 7.21. The quantitative estimate of drug-likeness (QED) is 0.201. The van der Waals surface area contributed by atoms with Crippen LogP contribution in [0.3, 0.4) is 0 Å². The van der Waals surface area contributed by atoms with Crippen LogP contribution in [-0.2, 0) is 16.2 Å². The van der Waals surface area contributed by atoms with E-state index in [4.69, 9.17) is 9.98 Å². The maximum Gasteiger partial charge on any atom is 0.126 e. The van der Waals surface area contributed by atoms with E-state index in [0.717, 1.165) is 27.3 Å². The summed E-state index contributed by atoms with van der Waals surface area (Å²) in [7, 11) is 0. The molecule has 5 rings (SSSR count). The highest BCUT2D eigenvalue weighted by atomic mass is 32.1. The summed E-state index contributed by atoms with van der Waals surface area (Å²) in [6.07, 6.45) is 2.01. The van der Waals surface area contributed by atoms with Crippen molar-refractivity contribution in [2.45, 2.75) is 78.6 Å². The van der Waals surface area contributed by atoms with Crippen LogP contribution in [0, 0.1) is 0 Å². The lowest BCUT2D eigenvalue weighted by atomic mass is 9.79. The van der Waals surface area contributed by atoms with Gasteiger partial charge >= 0.3 is 0 Å². The minimum atomic E-state index is 0.0630. The van der Waals surface area contributed by atoms with E-state index in [9.17, 15) is 0 Å². The first-order valence-corrected chi connectivity index (χ1v) is 15.3. The van der Waals surface area contributed by atoms with Crippen LogP contribution in [0.5, 0.6) is 0 Å². The summed E-state index contributed by atoms with van der Waals surface area (Å²) >= 11 is 1.73. The number of rotatable bonds is 4. The van der Waals surface area contributed by atoms with Gasteiger partial charge < -0.3 is 0 Å². The standard InChI is InChI=1S/C38H42N2S/c1-36(2,3)27-19-17-26(18-20-27)30-14-12-16-33-34(30)40-35(41-33)31-13-10-11-15-32(31)39-24-25-21-28(37(4,5)6)23-29(22-25)38(7,8)9/h10-24H,1-9H3. The number of hydrogen-bond donors (Lipinski definition) is 0. The van der Waals surface area contributed by atoms with Crippen LogP contribution >= 0.6 is 11.3 Å². The number of aliphatic imine (C=N–C) groups is 1. The lowest BCUT2D eigenvalue weighted by molar-refractivity contribution is 0.568. The number of fused-ring (bicyclic) bond motifs is 1. The van der Waals surface area contributed by atoms with E-state index in [-0.39, 0.29) is 16.2 Å². The molecule has 0 aliphatic heterocycles. The van der Waals surface area contributed by atoms with Crippen molar-refractivity contribution in [1.82, 2.24) is 4.98 Å². The van der Waals surface area contributed by atoms with Gasteiger partial charge in [-0.3, -0.25) is 4.99 Å². The maximum atomic E-state index is 5.18. The molecule has 0 aliphatic rings. The zero-order chi connectivity index (χ0) is 29.6. The monoisotopic (exact) mass is 558 g/mol. The molecular formula is C38H42N2S. The summed E-state index contributed by atoms with van der Waals surface area (Å²) in [6.45, 7) is 20.4. The first-order chi connectivity index (χ1) is 19.2. The molecule has 0 fully saturated rings. The number of hydrogen-bond acceptors (Lipinski definition) is 3. The maximum absolute atomic E-state index is 5.18. The van der Waals surface area contributed by atoms with E-state index in [1.54, 1.807) is 11.3 Å². The Balaban J connectivity index is 1.54. The molecule has 4 aromatic carbocycles. The fourth-order valence-electron chi connectivity index (χ4n) is 4.95. The van der Waals surface area contributed by atoms with Gasteiger partial charge in [0.1, 0.15) is 5.01 Å². The van der Waals surface area contributed by atoms with Crippen LogP contribution in [0.1, 0.15) is 84.6 Å². The third kappa shape index (κ3) is 6.36. The Kier molecular flexibility index (Phi) is 7.55. The number of thiazole rings is 1. The summed E-state index contributed by atoms with van der Waals surface area (Å²) in [5.41, 5.74) is 10.8. The molecule has 0 spiro atoms. The van der Waals surface area contributed by atoms with Crippen LogP contribution in [-0.4, -0.2) is 11.2 Å². The third-order valence-electron chi connectivity index (χ3n) is 7.66. The van der Waals surface area contributed by atoms with Crippen molar-refractivity contribution in [3.05, 3.63) is 107 Å². The normalized spacial score (nSPS) is 12.9. The van der Waals surface area contributed by atoms with Crippen molar-refractivity contribution >= 4 is 33.5 Å². The molecule has 3 heteroatoms. The van der Waals surface area contributed by atoms with Gasteiger partial charge in [-0.15, -0.1) is 11.3 Å². The zero-order valence-corrected chi connectivity index (χ0v) is 26.8. The summed E-state index contributed by atoms with van der Waals surface area (Å²) in [6, 6.07) is 30.7. The smallest absolute Gasteiger partial charge is 0.126 e. The summed E-state index contributed by atoms with van der Waals surface area (Å²) in [5.74, 6) is 0. The largest absolute Gasteiger partial charge is 0.256 e. The highest BCUT2D eigenvalue weighted by Gasteiger charge is 2.20. The van der Waals surface area contributed by atoms with E-state index in [1.807, 2.05) is 6.21 Å². The number of nitrogens with zero attached hydrogens (tertiary/aromatic N) is 2. The molecule has 1 aromatic heterocycles. The highest BCUT2D eigenvalue weighted by Crippen LogP contribution is 2.39. The molecule has 0 N–H and O–H groups in total. The van der Waals surface area contributed by atoms with Crippen molar-refractivity contribution in [3.8, 4) is 21.7 Å². The van der Waals surface area contributed by atoms with Crippen molar-refractivity contribution in [3.63, 3.8) is 0 Å². The second-order valence-corrected chi connectivity index (χ2v) is 15.1. The Morgan fingerprint density at radius 1 is 0.610 bits per heavy atom. The van der Waals surface area contributed by atoms with Crippen molar-refractivity contribution in [2.24, 2.45) is 4.99 Å². The second kappa shape index (κ2) is 10.7. The first-order valence-electron chi connectivity index (χ1n) is 14.5. The minimum absolute atomic E-state index is 0.0630. The van der Waals surface area contributed by atoms with Crippen LogP contribution in [0.15, 0.2) is 89.9 Å². The van der Waals surface area contributed by atoms with E-state index in [1.165, 1.54) is 32.5 Å². The lowest BCUT2D eigenvalue weighted by Gasteiger charge is -2.25. The fourth-order valence-corrected chi connectivity index (χ4v) is 5.98. The number of benzene rings is 4. The predicted octanol–water partition coefficient (Wildman–Crippen LogP) is 11.3. The van der Waals surface area contributed by atoms with Crippen molar-refractivity contribution < 1.29 is 0 Å². The van der Waals surface area contributed by atoms with Gasteiger partial charge in [0.2, 0.25) is 0 Å². The fraction of sp³-hybridized carbons (Fsp3) is 0.316. The van der Waals surface area contributed by atoms with Crippen LogP contribution in [0.4, 0.5) is 5.69 Å². The molecule has 210 valence electrons. The van der Waals surface area contributed by atoms with E-state index in [0.29, 0.717) is 0 Å². The van der Waals surface area contributed by atoms with E-state index < -0.39 is 0 Å². The lowest BCUT2D eigenvalue weighted by Crippen LogP contribution is -2.17. The Morgan fingerprint density at radius 3 is 1.80 bits per heavy atom. The van der Waals surface area contributed by atoms with Crippen LogP contribution < -0.4 is 0 Å². The molecule has 1 heterocycles. The molecule has 0 amide bonds. The van der Waals surface area contributed by atoms with Gasteiger partial charge in [-0.1, -0.05) is 117 Å². The molecule has 0 radical (unpaired) electrons. The van der Waals surface area contributed by atoms with Crippen molar-refractivity contribution in [1.29, 1.82) is 0 Å². The molecule has 0 atom stereocenters. The SMILES string of the molecule is CC(C)(C)c1ccc(-c2cccc3sc(-c4ccccc4N=Cc4cc(C(C)(C)C)cc(C(C)(C)C)c4)nc23)cc1. The van der Waals surface area contributed by atoms with Gasteiger partial charge in [-0.2, -0.15) is 0 Å². The van der Waals surface area contributed by atoms with Gasteiger partial charge in [-0.05, 0) is 74.4 Å². The molecule has 0 unspecified atom stereocenters. The van der Waals surface area contributed by atoms with Crippen LogP contribution in [0.25, 0.3) is 31.9 Å². The Labute approximate surface area is 250 Å². The predicted molar refractivity (Wildman–Crippen MR) is 180 cm³/mol. The van der Waals surface area contributed by atoms with Crippen molar-refractivity contribution in [2.75, 3.05) is 0 Å². The summed E-state index contributed by atoms with van der Waals surface area (Å²) < 4.78 is 1.18. The average molecular weight is 559 g/mol. The van der Waals surface area contributed by atoms with E-state index >= 15 is 0 Å². The summed E-state index contributed by atoms with van der Waals surface area (Å²) in [4.78, 5) is 10.2. The first kappa shape index (κ1) is 29.0. The summed E-state index contributed by atoms with van der Waals surface area (Å²) in [5, 5.41) is 0.991. The molecule has 0 bridgehead atoms. The molecule has 41 heavy (non-hydrogen) atoms. The topological polar surface area (TPSA) is 25.2 Å². The third-order valence-corrected chi connectivity index (χ3v) is 8.71. The van der Waals surface area contributed by atoms with Gasteiger partial charge in [0.25, 0.3) is 0 Å². The minimum Gasteiger partial charge on any atom is -0.256 e. The zero-order valence-electron chi connectivity index (χ0n) is 26.0. The Hall–Kier alpha value is -3.56. The van der Waals surface area contributed by atoms with Crippen LogP contribution in [0.2, 0.25) is 0 Å². The number of para-hydroxylation sites is 2. The Bertz CT molecular complexity index is 1680. The van der Waals surface area contributed by atoms with Gasteiger partial charge in [0.15, 0.2) is 0 Å². The van der Waals surface area contributed by atoms with E-state index in [2.05, 4.69) is 147 Å². The molecule has 2 nitrogen and oxygen atoms in total. The van der Waals surface area contributed by atoms with Gasteiger partial charge in [0.05, 0.1) is 15.9 Å². The second-order valence-electron chi connectivity index (χ2n) is 14.1. The van der Waals surface area contributed by atoms with Gasteiger partial charge in [-0.25, -0.2) is 4.98 Å². The average Bonchev–Trinajstić information content (AvgIpc) is 3.35.